The molecule has 2 heterocycles. The number of ether oxygens (including phenoxy) is 1. The predicted octanol–water partition coefficient (Wildman–Crippen LogP) is 3.33. The number of nitrogens with zero attached hydrogens (tertiary/aromatic N) is 6. The van der Waals surface area contributed by atoms with Crippen LogP contribution >= 0.6 is 0 Å². The highest BCUT2D eigenvalue weighted by Gasteiger charge is 2.33. The van der Waals surface area contributed by atoms with Crippen molar-refractivity contribution in [2.45, 2.75) is 39.1 Å². The molecule has 11 nitrogen and oxygen atoms in total. The largest absolute Gasteiger partial charge is 0.488 e. The van der Waals surface area contributed by atoms with Gasteiger partial charge < -0.3 is 20.1 Å². The summed E-state index contributed by atoms with van der Waals surface area (Å²) in [5.41, 5.74) is 4.33. The normalized spacial score (nSPS) is 17.5. The van der Waals surface area contributed by atoms with Crippen molar-refractivity contribution in [1.29, 1.82) is 0 Å². The summed E-state index contributed by atoms with van der Waals surface area (Å²) >= 11 is 0. The summed E-state index contributed by atoms with van der Waals surface area (Å²) < 4.78 is 7.82. The van der Waals surface area contributed by atoms with E-state index in [0.29, 0.717) is 30.1 Å². The first kappa shape index (κ1) is 29.9. The summed E-state index contributed by atoms with van der Waals surface area (Å²) in [6.45, 7) is 5.43. The van der Waals surface area contributed by atoms with Crippen LogP contribution in [0, 0.1) is 5.92 Å². The van der Waals surface area contributed by atoms with Crippen molar-refractivity contribution < 1.29 is 19.4 Å². The Balaban J connectivity index is 1.32. The topological polar surface area (TPSA) is 126 Å². The van der Waals surface area contributed by atoms with E-state index in [9.17, 15) is 14.7 Å². The number of likely N-dealkylation sites (N-methyl/N-ethyl adjacent to an activating group) is 1. The standard InChI is InChI=1S/C32H37N7O4/c1-22-16-39(23(2)20-40)32(42)28-15-27(34-31(41)19-38-21-33-35-36-38)13-14-29(28)43-30(22)18-37(3)17-24-9-11-26(12-10-24)25-7-5-4-6-8-25/h4-15,21-23,30,40H,16-20H2,1-3H3,(H,34,41)/t22-,23-,30+/m0/s1. The number of aliphatic hydroxyl groups excluding tert-OH is 1. The lowest BCUT2D eigenvalue weighted by Crippen LogP contribution is -2.49. The van der Waals surface area contributed by atoms with Gasteiger partial charge in [0.1, 0.15) is 24.7 Å². The van der Waals surface area contributed by atoms with Crippen molar-refractivity contribution in [1.82, 2.24) is 30.0 Å². The molecule has 1 aliphatic heterocycles. The van der Waals surface area contributed by atoms with Crippen LogP contribution in [0.15, 0.2) is 79.1 Å². The van der Waals surface area contributed by atoms with Crippen LogP contribution in [-0.4, -0.2) is 85.8 Å². The molecule has 0 radical (unpaired) electrons. The first-order valence-corrected chi connectivity index (χ1v) is 14.4. The zero-order valence-corrected chi connectivity index (χ0v) is 24.6. The molecule has 43 heavy (non-hydrogen) atoms. The number of tetrazole rings is 1. The third-order valence-corrected chi connectivity index (χ3v) is 7.65. The highest BCUT2D eigenvalue weighted by Crippen LogP contribution is 2.31. The maximum Gasteiger partial charge on any atom is 0.258 e. The predicted molar refractivity (Wildman–Crippen MR) is 162 cm³/mol. The minimum absolute atomic E-state index is 0.00956. The monoisotopic (exact) mass is 583 g/mol. The molecule has 224 valence electrons. The molecule has 5 rings (SSSR count). The third-order valence-electron chi connectivity index (χ3n) is 7.65. The Labute approximate surface area is 251 Å². The zero-order valence-electron chi connectivity index (χ0n) is 24.6. The lowest BCUT2D eigenvalue weighted by molar-refractivity contribution is -0.116. The van der Waals surface area contributed by atoms with Gasteiger partial charge >= 0.3 is 0 Å². The zero-order chi connectivity index (χ0) is 30.3. The molecule has 2 N–H and O–H groups in total. The molecule has 11 heteroatoms. The van der Waals surface area contributed by atoms with E-state index in [1.807, 2.05) is 25.1 Å². The van der Waals surface area contributed by atoms with Crippen LogP contribution in [-0.2, 0) is 17.9 Å². The van der Waals surface area contributed by atoms with Crippen LogP contribution in [0.1, 0.15) is 29.8 Å². The van der Waals surface area contributed by atoms with Gasteiger partial charge in [-0.15, -0.1) is 5.10 Å². The molecule has 2 amide bonds. The van der Waals surface area contributed by atoms with E-state index in [1.54, 1.807) is 23.1 Å². The molecule has 0 saturated heterocycles. The van der Waals surface area contributed by atoms with E-state index in [2.05, 4.69) is 76.1 Å². The maximum atomic E-state index is 13.7. The molecule has 0 unspecified atom stereocenters. The Bertz CT molecular complexity index is 1510. The fourth-order valence-electron chi connectivity index (χ4n) is 5.24. The number of rotatable bonds is 10. The molecule has 0 fully saturated rings. The number of carbonyl (C=O) groups excluding carboxylic acids is 2. The first-order chi connectivity index (χ1) is 20.8. The minimum atomic E-state index is -0.388. The van der Waals surface area contributed by atoms with Gasteiger partial charge in [0, 0.05) is 31.2 Å². The fraction of sp³-hybridized carbons (Fsp3) is 0.344. The van der Waals surface area contributed by atoms with Crippen molar-refractivity contribution in [3.8, 4) is 16.9 Å². The molecule has 1 aromatic heterocycles. The number of anilines is 1. The highest BCUT2D eigenvalue weighted by atomic mass is 16.5. The molecule has 0 bridgehead atoms. The van der Waals surface area contributed by atoms with Crippen molar-refractivity contribution in [3.63, 3.8) is 0 Å². The highest BCUT2D eigenvalue weighted by molar-refractivity contribution is 5.99. The molecule has 1 aliphatic rings. The Kier molecular flexibility index (Phi) is 9.43. The van der Waals surface area contributed by atoms with E-state index < -0.39 is 0 Å². The smallest absolute Gasteiger partial charge is 0.258 e. The molecule has 3 aromatic carbocycles. The SMILES string of the molecule is C[C@H]1CN([C@@H](C)CO)C(=O)c2cc(NC(=O)Cn3cnnn3)ccc2O[C@@H]1CN(C)Cc1ccc(-c2ccccc2)cc1. The van der Waals surface area contributed by atoms with Gasteiger partial charge in [-0.3, -0.25) is 14.5 Å². The van der Waals surface area contributed by atoms with Gasteiger partial charge in [0.25, 0.3) is 5.91 Å². The van der Waals surface area contributed by atoms with Gasteiger partial charge in [0.2, 0.25) is 5.91 Å². The van der Waals surface area contributed by atoms with Gasteiger partial charge in [-0.05, 0) is 59.3 Å². The van der Waals surface area contributed by atoms with E-state index >= 15 is 0 Å². The number of nitrogens with one attached hydrogen (secondary N) is 1. The molecule has 0 aliphatic carbocycles. The lowest BCUT2D eigenvalue weighted by Gasteiger charge is -2.38. The van der Waals surface area contributed by atoms with Crippen LogP contribution in [0.3, 0.4) is 0 Å². The fourth-order valence-corrected chi connectivity index (χ4v) is 5.24. The number of fused-ring (bicyclic) bond motifs is 1. The van der Waals surface area contributed by atoms with E-state index in [4.69, 9.17) is 4.74 Å². The van der Waals surface area contributed by atoms with Gasteiger partial charge in [0.05, 0.1) is 18.2 Å². The van der Waals surface area contributed by atoms with E-state index in [1.165, 1.54) is 27.7 Å². The Morgan fingerprint density at radius 1 is 1.12 bits per heavy atom. The summed E-state index contributed by atoms with van der Waals surface area (Å²) in [6, 6.07) is 23.5. The van der Waals surface area contributed by atoms with Gasteiger partial charge in [-0.2, -0.15) is 0 Å². The molecule has 0 spiro atoms. The Morgan fingerprint density at radius 2 is 1.86 bits per heavy atom. The molecule has 0 saturated carbocycles. The summed E-state index contributed by atoms with van der Waals surface area (Å²) in [7, 11) is 2.06. The van der Waals surface area contributed by atoms with Gasteiger partial charge in [-0.1, -0.05) is 61.5 Å². The quantitative estimate of drug-likeness (QED) is 0.291. The second-order valence-corrected chi connectivity index (χ2v) is 11.1. The summed E-state index contributed by atoms with van der Waals surface area (Å²) in [5.74, 6) is -0.164. The average molecular weight is 584 g/mol. The van der Waals surface area contributed by atoms with Gasteiger partial charge in [-0.25, -0.2) is 4.68 Å². The molecule has 3 atom stereocenters. The molecule has 4 aromatic rings. The molecular weight excluding hydrogens is 546 g/mol. The van der Waals surface area contributed by atoms with Crippen LogP contribution in [0.2, 0.25) is 0 Å². The number of amides is 2. The number of aliphatic hydroxyl groups is 1. The van der Waals surface area contributed by atoms with Crippen LogP contribution in [0.4, 0.5) is 5.69 Å². The maximum absolute atomic E-state index is 13.7. The number of carbonyl (C=O) groups is 2. The van der Waals surface area contributed by atoms with Crippen molar-refractivity contribution >= 4 is 17.5 Å². The summed E-state index contributed by atoms with van der Waals surface area (Å²) in [6.07, 6.45) is 1.12. The first-order valence-electron chi connectivity index (χ1n) is 14.4. The van der Waals surface area contributed by atoms with E-state index in [0.717, 1.165) is 6.54 Å². The third kappa shape index (κ3) is 7.43. The van der Waals surface area contributed by atoms with Crippen molar-refractivity contribution in [2.75, 3.05) is 32.1 Å². The van der Waals surface area contributed by atoms with E-state index in [-0.39, 0.29) is 43.0 Å². The Hall–Kier alpha value is -4.61. The van der Waals surface area contributed by atoms with Crippen LogP contribution in [0.5, 0.6) is 5.75 Å². The van der Waals surface area contributed by atoms with Gasteiger partial charge in [0.15, 0.2) is 0 Å². The number of hydrogen-bond acceptors (Lipinski definition) is 8. The lowest BCUT2D eigenvalue weighted by atomic mass is 9.99. The summed E-state index contributed by atoms with van der Waals surface area (Å²) in [5, 5.41) is 23.5. The minimum Gasteiger partial charge on any atom is -0.488 e. The molecular formula is C32H37N7O4. The van der Waals surface area contributed by atoms with Crippen LogP contribution in [0.25, 0.3) is 11.1 Å². The van der Waals surface area contributed by atoms with Crippen molar-refractivity contribution in [2.24, 2.45) is 5.92 Å². The number of aromatic nitrogens is 4. The van der Waals surface area contributed by atoms with Crippen molar-refractivity contribution in [3.05, 3.63) is 90.3 Å². The summed E-state index contributed by atoms with van der Waals surface area (Å²) in [4.78, 5) is 30.2. The number of hydrogen-bond donors (Lipinski definition) is 2. The average Bonchev–Trinajstić information content (AvgIpc) is 3.52. The Morgan fingerprint density at radius 3 is 2.56 bits per heavy atom. The van der Waals surface area contributed by atoms with Crippen LogP contribution < -0.4 is 10.1 Å². The number of benzene rings is 3. The second kappa shape index (κ2) is 13.6. The second-order valence-electron chi connectivity index (χ2n) is 11.1.